The lowest BCUT2D eigenvalue weighted by Crippen LogP contribution is -2.22. The number of nitrogen functional groups attached to an aromatic ring is 1. The molecular formula is C17H21N5O2. The maximum Gasteiger partial charge on any atom is 0.227 e. The van der Waals surface area contributed by atoms with Gasteiger partial charge in [0.05, 0.1) is 5.52 Å². The highest BCUT2D eigenvalue weighted by atomic mass is 16.1. The predicted molar refractivity (Wildman–Crippen MR) is 96.3 cm³/mol. The largest absolute Gasteiger partial charge is 0.383 e. The number of hydrogen-bond donors (Lipinski definition) is 1. The average Bonchev–Trinajstić information content (AvgIpc) is 2.53. The van der Waals surface area contributed by atoms with E-state index in [4.69, 9.17) is 5.73 Å². The lowest BCUT2D eigenvalue weighted by Gasteiger charge is -2.18. The Hall–Kier alpha value is -2.83. The molecule has 1 heterocycles. The molecule has 0 saturated carbocycles. The van der Waals surface area contributed by atoms with Crippen LogP contribution < -0.4 is 10.6 Å². The molecule has 0 bridgehead atoms. The summed E-state index contributed by atoms with van der Waals surface area (Å²) in [5.41, 5.74) is 7.27. The zero-order valence-electron chi connectivity index (χ0n) is 14.2. The number of carbonyl (C=O) groups is 2. The van der Waals surface area contributed by atoms with Crippen LogP contribution in [0.2, 0.25) is 0 Å². The van der Waals surface area contributed by atoms with E-state index >= 15 is 0 Å². The first-order chi connectivity index (χ1) is 11.3. The Balaban J connectivity index is 2.53. The Morgan fingerprint density at radius 2 is 1.83 bits per heavy atom. The van der Waals surface area contributed by atoms with E-state index < -0.39 is 0 Å². The van der Waals surface area contributed by atoms with Crippen molar-refractivity contribution in [3.8, 4) is 0 Å². The summed E-state index contributed by atoms with van der Waals surface area (Å²) in [6, 6.07) is 3.20. The average molecular weight is 327 g/mol. The van der Waals surface area contributed by atoms with Gasteiger partial charge < -0.3 is 15.6 Å². The van der Waals surface area contributed by atoms with Crippen molar-refractivity contribution in [2.75, 3.05) is 30.8 Å². The maximum absolute atomic E-state index is 11.8. The maximum atomic E-state index is 11.8. The van der Waals surface area contributed by atoms with Gasteiger partial charge in [-0.25, -0.2) is 4.98 Å². The Bertz CT molecular complexity index is 816. The van der Waals surface area contributed by atoms with Gasteiger partial charge in [-0.15, -0.1) is 0 Å². The number of carbonyl (C=O) groups excluding carboxylic acids is 2. The van der Waals surface area contributed by atoms with Crippen LogP contribution in [0.25, 0.3) is 10.9 Å². The summed E-state index contributed by atoms with van der Waals surface area (Å²) in [4.78, 5) is 38.1. The van der Waals surface area contributed by atoms with E-state index in [1.54, 1.807) is 12.1 Å². The smallest absolute Gasteiger partial charge is 0.227 e. The Morgan fingerprint density at radius 3 is 2.42 bits per heavy atom. The minimum absolute atomic E-state index is 0.189. The van der Waals surface area contributed by atoms with Crippen molar-refractivity contribution in [1.29, 1.82) is 0 Å². The van der Waals surface area contributed by atoms with Gasteiger partial charge >= 0.3 is 0 Å². The van der Waals surface area contributed by atoms with Crippen LogP contribution in [0.3, 0.4) is 0 Å². The zero-order valence-corrected chi connectivity index (χ0v) is 14.2. The van der Waals surface area contributed by atoms with Gasteiger partial charge in [-0.05, 0) is 39.1 Å². The number of aliphatic imine (C=N–C) groups is 1. The summed E-state index contributed by atoms with van der Waals surface area (Å²) in [6.07, 6.45) is 0.823. The summed E-state index contributed by atoms with van der Waals surface area (Å²) >= 11 is 0. The summed E-state index contributed by atoms with van der Waals surface area (Å²) in [6.45, 7) is 7.66. The van der Waals surface area contributed by atoms with Crippen molar-refractivity contribution in [1.82, 2.24) is 9.97 Å². The molecule has 7 nitrogen and oxygen atoms in total. The quantitative estimate of drug-likeness (QED) is 0.475. The van der Waals surface area contributed by atoms with Gasteiger partial charge in [0.2, 0.25) is 5.95 Å². The van der Waals surface area contributed by atoms with Crippen LogP contribution in [0.4, 0.5) is 11.8 Å². The van der Waals surface area contributed by atoms with Gasteiger partial charge in [0.25, 0.3) is 0 Å². The molecule has 0 radical (unpaired) electrons. The van der Waals surface area contributed by atoms with E-state index in [0.717, 1.165) is 6.42 Å². The molecule has 2 aromatic rings. The molecule has 2 rings (SSSR count). The third kappa shape index (κ3) is 3.56. The molecule has 0 saturated heterocycles. The molecule has 0 aliphatic heterocycles. The SMILES string of the molecule is C=NCCCN(C)c1nc(N)c2cc(C(C)=O)c(C(C)=O)cc2n1. The molecule has 0 fully saturated rings. The first kappa shape index (κ1) is 17.5. The van der Waals surface area contributed by atoms with E-state index in [-0.39, 0.29) is 17.4 Å². The van der Waals surface area contributed by atoms with Gasteiger partial charge in [-0.3, -0.25) is 9.59 Å². The molecular weight excluding hydrogens is 306 g/mol. The molecule has 0 aliphatic carbocycles. The van der Waals surface area contributed by atoms with Crippen molar-refractivity contribution in [3.05, 3.63) is 23.3 Å². The van der Waals surface area contributed by atoms with Crippen LogP contribution in [-0.2, 0) is 0 Å². The predicted octanol–water partition coefficient (Wildman–Crippen LogP) is 2.14. The molecule has 0 unspecified atom stereocenters. The lowest BCUT2D eigenvalue weighted by molar-refractivity contribution is 0.0981. The van der Waals surface area contributed by atoms with Crippen LogP contribution >= 0.6 is 0 Å². The fourth-order valence-electron chi connectivity index (χ4n) is 2.46. The van der Waals surface area contributed by atoms with Crippen molar-refractivity contribution in [2.45, 2.75) is 20.3 Å². The van der Waals surface area contributed by atoms with Crippen LogP contribution in [0.1, 0.15) is 41.0 Å². The van der Waals surface area contributed by atoms with Crippen molar-refractivity contribution < 1.29 is 9.59 Å². The molecule has 0 amide bonds. The third-order valence-corrected chi connectivity index (χ3v) is 3.76. The minimum atomic E-state index is -0.195. The molecule has 24 heavy (non-hydrogen) atoms. The number of hydrogen-bond acceptors (Lipinski definition) is 7. The van der Waals surface area contributed by atoms with Gasteiger partial charge in [0.15, 0.2) is 11.6 Å². The van der Waals surface area contributed by atoms with Crippen molar-refractivity contribution in [3.63, 3.8) is 0 Å². The highest BCUT2D eigenvalue weighted by molar-refractivity contribution is 6.11. The van der Waals surface area contributed by atoms with E-state index in [0.29, 0.717) is 41.1 Å². The third-order valence-electron chi connectivity index (χ3n) is 3.76. The van der Waals surface area contributed by atoms with Crippen LogP contribution in [-0.4, -0.2) is 48.4 Å². The Labute approximate surface area is 140 Å². The normalized spacial score (nSPS) is 10.6. The first-order valence-corrected chi connectivity index (χ1v) is 7.62. The van der Waals surface area contributed by atoms with Crippen LogP contribution in [0.5, 0.6) is 0 Å². The Kier molecular flexibility index (Phi) is 5.23. The Morgan fingerprint density at radius 1 is 1.21 bits per heavy atom. The number of anilines is 2. The van der Waals surface area contributed by atoms with Crippen LogP contribution in [0.15, 0.2) is 17.1 Å². The van der Waals surface area contributed by atoms with E-state index in [2.05, 4.69) is 21.7 Å². The van der Waals surface area contributed by atoms with Crippen molar-refractivity contribution in [2.24, 2.45) is 4.99 Å². The van der Waals surface area contributed by atoms with E-state index in [9.17, 15) is 9.59 Å². The number of aromatic nitrogens is 2. The summed E-state index contributed by atoms with van der Waals surface area (Å²) in [5.74, 6) is 0.362. The summed E-state index contributed by atoms with van der Waals surface area (Å²) in [5, 5.41) is 0.565. The molecule has 1 aromatic carbocycles. The highest BCUT2D eigenvalue weighted by Gasteiger charge is 2.16. The second kappa shape index (κ2) is 7.16. The fourth-order valence-corrected chi connectivity index (χ4v) is 2.46. The first-order valence-electron chi connectivity index (χ1n) is 7.62. The van der Waals surface area contributed by atoms with Gasteiger partial charge in [0, 0.05) is 36.7 Å². The highest BCUT2D eigenvalue weighted by Crippen LogP contribution is 2.25. The number of nitrogens with two attached hydrogens (primary N) is 1. The number of nitrogens with zero attached hydrogens (tertiary/aromatic N) is 4. The number of fused-ring (bicyclic) bond motifs is 1. The van der Waals surface area contributed by atoms with E-state index in [1.807, 2.05) is 11.9 Å². The molecule has 126 valence electrons. The standard InChI is InChI=1S/C17H21N5O2/c1-10(23)12-8-14-15(9-13(12)11(2)24)20-17(21-16(14)18)22(4)7-5-6-19-3/h8-9H,3,5-7H2,1-2,4H3,(H2,18,20,21). The van der Waals surface area contributed by atoms with Gasteiger partial charge in [-0.1, -0.05) is 0 Å². The second-order valence-corrected chi connectivity index (χ2v) is 5.66. The lowest BCUT2D eigenvalue weighted by atomic mass is 9.99. The topological polar surface area (TPSA) is 102 Å². The fraction of sp³-hybridized carbons (Fsp3) is 0.353. The molecule has 2 N–H and O–H groups in total. The molecule has 0 spiro atoms. The number of Topliss-reactive ketones (excluding diaryl/α,β-unsaturated/α-hetero) is 2. The van der Waals surface area contributed by atoms with Gasteiger partial charge in [-0.2, -0.15) is 4.98 Å². The van der Waals surface area contributed by atoms with E-state index in [1.165, 1.54) is 13.8 Å². The molecule has 0 atom stereocenters. The number of ketones is 2. The van der Waals surface area contributed by atoms with Gasteiger partial charge in [0.1, 0.15) is 5.82 Å². The minimum Gasteiger partial charge on any atom is -0.383 e. The van der Waals surface area contributed by atoms with Crippen LogP contribution in [0, 0.1) is 0 Å². The number of benzene rings is 1. The molecule has 0 aliphatic rings. The molecule has 1 aromatic heterocycles. The molecule has 7 heteroatoms. The van der Waals surface area contributed by atoms with Crippen molar-refractivity contribution >= 4 is 41.0 Å². The zero-order chi connectivity index (χ0) is 17.9. The summed E-state index contributed by atoms with van der Waals surface area (Å²) in [7, 11) is 1.86. The monoisotopic (exact) mass is 327 g/mol. The second-order valence-electron chi connectivity index (χ2n) is 5.66. The number of rotatable bonds is 7. The summed E-state index contributed by atoms with van der Waals surface area (Å²) < 4.78 is 0.